The summed E-state index contributed by atoms with van der Waals surface area (Å²) in [4.78, 5) is 34.5. The van der Waals surface area contributed by atoms with E-state index in [2.05, 4.69) is 55.2 Å². The Morgan fingerprint density at radius 2 is 1.79 bits per heavy atom. The molecule has 0 spiro atoms. The van der Waals surface area contributed by atoms with Gasteiger partial charge in [-0.3, -0.25) is 9.59 Å². The number of carbonyl (C=O) groups is 2. The Kier molecular flexibility index (Phi) is 5.51. The highest BCUT2D eigenvalue weighted by atomic mass is 16.2. The summed E-state index contributed by atoms with van der Waals surface area (Å²) in [6.07, 6.45) is 4.07. The lowest BCUT2D eigenvalue weighted by molar-refractivity contribution is -0.166. The number of hydrogen-bond donors (Lipinski definition) is 1. The summed E-state index contributed by atoms with van der Waals surface area (Å²) in [7, 11) is 0. The van der Waals surface area contributed by atoms with Gasteiger partial charge < -0.3 is 14.8 Å². The van der Waals surface area contributed by atoms with Crippen LogP contribution in [0.4, 0.5) is 0 Å². The third kappa shape index (κ3) is 3.36. The third-order valence-corrected chi connectivity index (χ3v) is 7.64. The first-order valence-electron chi connectivity index (χ1n) is 12.3. The minimum atomic E-state index is -1.00. The molecule has 1 aromatic heterocycles. The molecule has 1 saturated heterocycles. The molecule has 2 atom stereocenters. The van der Waals surface area contributed by atoms with Crippen LogP contribution >= 0.6 is 0 Å². The quantitative estimate of drug-likeness (QED) is 0.548. The van der Waals surface area contributed by atoms with Gasteiger partial charge in [0.15, 0.2) is 5.54 Å². The van der Waals surface area contributed by atoms with Crippen molar-refractivity contribution in [2.24, 2.45) is 0 Å². The molecule has 172 valence electrons. The highest BCUT2D eigenvalue weighted by Crippen LogP contribution is 2.48. The van der Waals surface area contributed by atoms with Crippen molar-refractivity contribution in [3.63, 3.8) is 0 Å². The standard InChI is InChI=1S/C28H33N3O2/c1-4-6-9-16-30-18-24(32)31-17-22(20-14-12-19(5-2)13-15-20)25-21-10-7-8-11-23(21)29-26(25)28(31,3)27(30)33/h7-8,10-15,22,29H,4-6,9,16-18H2,1-3H3/t22-,28+/m1/s1. The number of nitrogens with zero attached hydrogens (tertiary/aromatic N) is 2. The molecule has 0 bridgehead atoms. The molecule has 1 N–H and O–H groups in total. The molecule has 2 amide bonds. The number of benzene rings is 2. The number of aryl methyl sites for hydroxylation is 1. The minimum Gasteiger partial charge on any atom is -0.356 e. The first-order chi connectivity index (χ1) is 16.0. The lowest BCUT2D eigenvalue weighted by Crippen LogP contribution is -2.67. The number of piperazine rings is 1. The number of hydrogen-bond acceptors (Lipinski definition) is 2. The van der Waals surface area contributed by atoms with Gasteiger partial charge in [-0.15, -0.1) is 0 Å². The molecule has 3 heterocycles. The molecule has 0 aliphatic carbocycles. The molecule has 33 heavy (non-hydrogen) atoms. The van der Waals surface area contributed by atoms with E-state index in [0.29, 0.717) is 13.1 Å². The fourth-order valence-corrected chi connectivity index (χ4v) is 5.69. The van der Waals surface area contributed by atoms with Crippen molar-refractivity contribution < 1.29 is 9.59 Å². The van der Waals surface area contributed by atoms with Crippen LogP contribution in [-0.2, 0) is 21.5 Å². The number of aromatic nitrogens is 1. The molecule has 5 rings (SSSR count). The lowest BCUT2D eigenvalue weighted by Gasteiger charge is -2.51. The Hall–Kier alpha value is -3.08. The van der Waals surface area contributed by atoms with Crippen molar-refractivity contribution >= 4 is 22.7 Å². The summed E-state index contributed by atoms with van der Waals surface area (Å²) >= 11 is 0. The molecule has 2 aromatic carbocycles. The van der Waals surface area contributed by atoms with Crippen molar-refractivity contribution in [2.45, 2.75) is 57.9 Å². The van der Waals surface area contributed by atoms with Crippen molar-refractivity contribution in [1.29, 1.82) is 0 Å². The van der Waals surface area contributed by atoms with Crippen LogP contribution in [-0.4, -0.2) is 46.2 Å². The predicted molar refractivity (Wildman–Crippen MR) is 131 cm³/mol. The van der Waals surface area contributed by atoms with Gasteiger partial charge in [0.2, 0.25) is 5.91 Å². The Balaban J connectivity index is 1.65. The van der Waals surface area contributed by atoms with E-state index in [-0.39, 0.29) is 24.3 Å². The Bertz CT molecular complexity index is 1200. The van der Waals surface area contributed by atoms with Gasteiger partial charge in [0.1, 0.15) is 0 Å². The zero-order chi connectivity index (χ0) is 23.2. The van der Waals surface area contributed by atoms with Crippen molar-refractivity contribution in [2.75, 3.05) is 19.6 Å². The van der Waals surface area contributed by atoms with Crippen LogP contribution < -0.4 is 0 Å². The van der Waals surface area contributed by atoms with Gasteiger partial charge in [-0.2, -0.15) is 0 Å². The van der Waals surface area contributed by atoms with E-state index in [1.807, 2.05) is 24.0 Å². The van der Waals surface area contributed by atoms with Crippen molar-refractivity contribution in [3.05, 3.63) is 70.9 Å². The van der Waals surface area contributed by atoms with Gasteiger partial charge in [0.25, 0.3) is 5.91 Å². The predicted octanol–water partition coefficient (Wildman–Crippen LogP) is 4.95. The van der Waals surface area contributed by atoms with E-state index in [1.165, 1.54) is 11.1 Å². The molecule has 2 aliphatic heterocycles. The maximum absolute atomic E-state index is 13.9. The summed E-state index contributed by atoms with van der Waals surface area (Å²) in [5.74, 6) is 0.0948. The molecule has 0 unspecified atom stereocenters. The van der Waals surface area contributed by atoms with Crippen LogP contribution in [0.2, 0.25) is 0 Å². The minimum absolute atomic E-state index is 0.0264. The zero-order valence-electron chi connectivity index (χ0n) is 19.9. The number of nitrogens with one attached hydrogen (secondary N) is 1. The van der Waals surface area contributed by atoms with Gasteiger partial charge >= 0.3 is 0 Å². The SMILES string of the molecule is CCCCCN1CC(=O)N2C[C@H](c3ccc(CC)cc3)c3c([nH]c4ccccc34)[C@@]2(C)C1=O. The number of H-pyrrole nitrogens is 1. The Morgan fingerprint density at radius 1 is 1.03 bits per heavy atom. The molecule has 2 aliphatic rings. The second-order valence-electron chi connectivity index (χ2n) is 9.62. The molecule has 3 aromatic rings. The van der Waals surface area contributed by atoms with Gasteiger partial charge in [0, 0.05) is 29.9 Å². The maximum atomic E-state index is 13.9. The van der Waals surface area contributed by atoms with Gasteiger partial charge in [-0.1, -0.05) is 69.2 Å². The van der Waals surface area contributed by atoms with Gasteiger partial charge in [0.05, 0.1) is 12.2 Å². The highest BCUT2D eigenvalue weighted by molar-refractivity contribution is 6.01. The molecule has 5 heteroatoms. The number of aromatic amines is 1. The van der Waals surface area contributed by atoms with Crippen molar-refractivity contribution in [1.82, 2.24) is 14.8 Å². The van der Waals surface area contributed by atoms with Crippen LogP contribution in [0.25, 0.3) is 10.9 Å². The van der Waals surface area contributed by atoms with E-state index < -0.39 is 5.54 Å². The summed E-state index contributed by atoms with van der Waals surface area (Å²) < 4.78 is 0. The monoisotopic (exact) mass is 443 g/mol. The second kappa shape index (κ2) is 8.36. The molecule has 1 fully saturated rings. The third-order valence-electron chi connectivity index (χ3n) is 7.64. The number of para-hydroxylation sites is 1. The number of fused-ring (bicyclic) bond motifs is 5. The highest BCUT2D eigenvalue weighted by Gasteiger charge is 2.56. The van der Waals surface area contributed by atoms with E-state index in [0.717, 1.165) is 47.8 Å². The average Bonchev–Trinajstić information content (AvgIpc) is 3.23. The smallest absolute Gasteiger partial charge is 0.254 e. The number of unbranched alkanes of at least 4 members (excludes halogenated alkanes) is 2. The normalized spacial score (nSPS) is 22.6. The van der Waals surface area contributed by atoms with Crippen LogP contribution in [0.1, 0.15) is 68.3 Å². The molecule has 0 radical (unpaired) electrons. The average molecular weight is 444 g/mol. The van der Waals surface area contributed by atoms with E-state index in [4.69, 9.17) is 0 Å². The fourth-order valence-electron chi connectivity index (χ4n) is 5.69. The molecule has 0 saturated carbocycles. The van der Waals surface area contributed by atoms with Crippen molar-refractivity contribution in [3.8, 4) is 0 Å². The Morgan fingerprint density at radius 3 is 2.52 bits per heavy atom. The van der Waals surface area contributed by atoms with Crippen LogP contribution in [0, 0.1) is 0 Å². The van der Waals surface area contributed by atoms with E-state index in [9.17, 15) is 9.59 Å². The van der Waals surface area contributed by atoms with E-state index >= 15 is 0 Å². The Labute approximate surface area is 195 Å². The maximum Gasteiger partial charge on any atom is 0.254 e. The molecular weight excluding hydrogens is 410 g/mol. The summed E-state index contributed by atoms with van der Waals surface area (Å²) in [6, 6.07) is 17.0. The number of rotatable bonds is 6. The molecule has 5 nitrogen and oxygen atoms in total. The van der Waals surface area contributed by atoms with E-state index in [1.54, 1.807) is 4.90 Å². The number of amides is 2. The van der Waals surface area contributed by atoms with Crippen LogP contribution in [0.15, 0.2) is 48.5 Å². The first-order valence-corrected chi connectivity index (χ1v) is 12.3. The summed E-state index contributed by atoms with van der Waals surface area (Å²) in [6.45, 7) is 7.57. The fraction of sp³-hybridized carbons (Fsp3) is 0.429. The topological polar surface area (TPSA) is 56.4 Å². The van der Waals surface area contributed by atoms with Crippen LogP contribution in [0.5, 0.6) is 0 Å². The van der Waals surface area contributed by atoms with Gasteiger partial charge in [-0.05, 0) is 42.5 Å². The second-order valence-corrected chi connectivity index (χ2v) is 9.62. The first kappa shape index (κ1) is 21.7. The van der Waals surface area contributed by atoms with Gasteiger partial charge in [-0.25, -0.2) is 0 Å². The zero-order valence-corrected chi connectivity index (χ0v) is 19.9. The van der Waals surface area contributed by atoms with Crippen LogP contribution in [0.3, 0.4) is 0 Å². The largest absolute Gasteiger partial charge is 0.356 e. The summed E-state index contributed by atoms with van der Waals surface area (Å²) in [5.41, 5.74) is 4.53. The lowest BCUT2D eigenvalue weighted by atomic mass is 9.76. The summed E-state index contributed by atoms with van der Waals surface area (Å²) in [5, 5.41) is 1.14. The molecular formula is C28H33N3O2. The number of carbonyl (C=O) groups excluding carboxylic acids is 2.